The van der Waals surface area contributed by atoms with Gasteiger partial charge in [-0.15, -0.1) is 15.3 Å². The van der Waals surface area contributed by atoms with Crippen LogP contribution in [-0.2, 0) is 6.18 Å². The molecule has 0 radical (unpaired) electrons. The molecule has 0 fully saturated rings. The van der Waals surface area contributed by atoms with Gasteiger partial charge in [-0.3, -0.25) is 10.1 Å². The lowest BCUT2D eigenvalue weighted by Crippen LogP contribution is -2.13. The molecule has 0 aliphatic rings. The number of rotatable bonds is 3. The third-order valence-electron chi connectivity index (χ3n) is 3.63. The van der Waals surface area contributed by atoms with Crippen LogP contribution in [0.5, 0.6) is 11.6 Å². The van der Waals surface area contributed by atoms with Crippen molar-refractivity contribution in [2.45, 2.75) is 20.0 Å². The van der Waals surface area contributed by atoms with Crippen molar-refractivity contribution in [2.75, 3.05) is 0 Å². The Hall–Kier alpha value is -2.95. The minimum absolute atomic E-state index is 0.0900. The summed E-state index contributed by atoms with van der Waals surface area (Å²) in [6.45, 7) is 3.06. The highest BCUT2D eigenvalue weighted by Crippen LogP contribution is 2.36. The minimum Gasteiger partial charge on any atom is -0.430 e. The van der Waals surface area contributed by atoms with Crippen LogP contribution in [0.2, 0.25) is 5.02 Å². The summed E-state index contributed by atoms with van der Waals surface area (Å²) in [5.74, 6) is -1.79. The second kappa shape index (κ2) is 6.09. The number of hydrogen-bond donors (Lipinski definition) is 0. The Morgan fingerprint density at radius 3 is 2.54 bits per heavy atom. The van der Waals surface area contributed by atoms with E-state index in [0.29, 0.717) is 15.6 Å². The average Bonchev–Trinajstić information content (AvgIpc) is 2.97. The lowest BCUT2D eigenvalue weighted by molar-refractivity contribution is -0.385. The summed E-state index contributed by atoms with van der Waals surface area (Å²) in [5.41, 5.74) is 0.168. The molecule has 0 N–H and O–H groups in total. The van der Waals surface area contributed by atoms with Gasteiger partial charge in [-0.1, -0.05) is 11.6 Å². The lowest BCUT2D eigenvalue weighted by Gasteiger charge is -2.12. The zero-order valence-electron chi connectivity index (χ0n) is 13.2. The number of hydrogen-bond acceptors (Lipinski definition) is 6. The monoisotopic (exact) mass is 387 g/mol. The first-order chi connectivity index (χ1) is 12.1. The number of halogens is 4. The van der Waals surface area contributed by atoms with Crippen molar-refractivity contribution >= 4 is 22.9 Å². The number of benzene rings is 1. The molecule has 8 nitrogen and oxygen atoms in total. The molecule has 0 saturated carbocycles. The first-order valence-corrected chi connectivity index (χ1v) is 7.39. The Balaban J connectivity index is 2.17. The molecule has 0 saturated heterocycles. The lowest BCUT2D eigenvalue weighted by atomic mass is 10.2. The zero-order valence-corrected chi connectivity index (χ0v) is 14.0. The molecule has 2 heterocycles. The van der Waals surface area contributed by atoms with Crippen LogP contribution < -0.4 is 4.74 Å². The van der Waals surface area contributed by atoms with E-state index in [4.69, 9.17) is 16.3 Å². The Morgan fingerprint density at radius 1 is 1.23 bits per heavy atom. The molecule has 0 spiro atoms. The molecule has 2 aromatic heterocycles. The Kier molecular flexibility index (Phi) is 4.18. The smallest absolute Gasteiger partial charge is 0.430 e. The first-order valence-electron chi connectivity index (χ1n) is 7.01. The van der Waals surface area contributed by atoms with Crippen molar-refractivity contribution in [3.8, 4) is 11.6 Å². The van der Waals surface area contributed by atoms with E-state index in [2.05, 4.69) is 15.3 Å². The first kappa shape index (κ1) is 17.9. The second-order valence-electron chi connectivity index (χ2n) is 5.28. The van der Waals surface area contributed by atoms with Gasteiger partial charge in [-0.2, -0.15) is 17.7 Å². The van der Waals surface area contributed by atoms with Crippen molar-refractivity contribution < 1.29 is 22.8 Å². The van der Waals surface area contributed by atoms with Crippen molar-refractivity contribution in [3.05, 3.63) is 50.3 Å². The van der Waals surface area contributed by atoms with E-state index < -0.39 is 22.6 Å². The van der Waals surface area contributed by atoms with E-state index in [9.17, 15) is 23.3 Å². The number of fused-ring (bicyclic) bond motifs is 1. The molecule has 12 heteroatoms. The highest BCUT2D eigenvalue weighted by molar-refractivity contribution is 6.30. The van der Waals surface area contributed by atoms with Gasteiger partial charge in [0.1, 0.15) is 0 Å². The predicted molar refractivity (Wildman–Crippen MR) is 83.4 cm³/mol. The Bertz CT molecular complexity index is 1030. The van der Waals surface area contributed by atoms with Crippen LogP contribution in [0.25, 0.3) is 5.65 Å². The van der Waals surface area contributed by atoms with E-state index in [1.54, 1.807) is 6.92 Å². The molecule has 3 aromatic rings. The van der Waals surface area contributed by atoms with Crippen LogP contribution in [0, 0.1) is 24.0 Å². The number of ether oxygens (including phenoxy) is 1. The maximum Gasteiger partial charge on any atom is 0.453 e. The van der Waals surface area contributed by atoms with Crippen molar-refractivity contribution in [1.82, 2.24) is 19.8 Å². The van der Waals surface area contributed by atoms with Gasteiger partial charge in [0.05, 0.1) is 4.92 Å². The van der Waals surface area contributed by atoms with E-state index in [0.717, 1.165) is 6.07 Å². The molecule has 0 aliphatic carbocycles. The molecule has 0 unspecified atom stereocenters. The summed E-state index contributed by atoms with van der Waals surface area (Å²) in [6, 6.07) is 3.65. The molecular formula is C14H9ClF3N5O3. The van der Waals surface area contributed by atoms with Gasteiger partial charge in [-0.25, -0.2) is 0 Å². The fourth-order valence-electron chi connectivity index (χ4n) is 2.20. The van der Waals surface area contributed by atoms with Gasteiger partial charge in [0.15, 0.2) is 5.65 Å². The summed E-state index contributed by atoms with van der Waals surface area (Å²) in [7, 11) is 0. The maximum absolute atomic E-state index is 13.0. The summed E-state index contributed by atoms with van der Waals surface area (Å²) >= 11 is 5.73. The van der Waals surface area contributed by atoms with E-state index in [1.165, 1.54) is 19.1 Å². The topological polar surface area (TPSA) is 95.5 Å². The van der Waals surface area contributed by atoms with Gasteiger partial charge >= 0.3 is 11.9 Å². The number of aryl methyl sites for hydroxylation is 1. The van der Waals surface area contributed by atoms with Crippen LogP contribution >= 0.6 is 11.6 Å². The average molecular weight is 388 g/mol. The van der Waals surface area contributed by atoms with Crippen LogP contribution in [-0.4, -0.2) is 24.7 Å². The fourth-order valence-corrected chi connectivity index (χ4v) is 2.37. The Morgan fingerprint density at radius 2 is 1.92 bits per heavy atom. The summed E-state index contributed by atoms with van der Waals surface area (Å²) in [5, 5.41) is 21.6. The van der Waals surface area contributed by atoms with E-state index in [1.807, 2.05) is 0 Å². The molecule has 0 aliphatic heterocycles. The molecular weight excluding hydrogens is 379 g/mol. The normalized spacial score (nSPS) is 11.8. The molecule has 3 rings (SSSR count). The van der Waals surface area contributed by atoms with Crippen molar-refractivity contribution in [3.63, 3.8) is 0 Å². The molecule has 1 aromatic carbocycles. The number of aromatic nitrogens is 4. The van der Waals surface area contributed by atoms with Crippen LogP contribution in [0.15, 0.2) is 18.2 Å². The van der Waals surface area contributed by atoms with E-state index >= 15 is 0 Å². The number of nitro groups is 1. The summed E-state index contributed by atoms with van der Waals surface area (Å²) in [6.07, 6.45) is -4.78. The Labute approximate surface area is 148 Å². The van der Waals surface area contributed by atoms with Gasteiger partial charge < -0.3 is 4.74 Å². The van der Waals surface area contributed by atoms with Crippen LogP contribution in [0.4, 0.5) is 18.9 Å². The highest BCUT2D eigenvalue weighted by Gasteiger charge is 2.38. The number of nitro benzene ring substituents is 1. The standard InChI is InChI=1S/C14H9ClF3N5O3/c1-6-7(2)12(21-22-11(6)19-20-13(22)14(16,17)18)26-10-4-3-8(15)5-9(10)23(24)25/h3-5H,1-2H3. The summed E-state index contributed by atoms with van der Waals surface area (Å²) in [4.78, 5) is 10.4. The summed E-state index contributed by atoms with van der Waals surface area (Å²) < 4.78 is 45.1. The van der Waals surface area contributed by atoms with Crippen LogP contribution in [0.3, 0.4) is 0 Å². The van der Waals surface area contributed by atoms with Gasteiger partial charge in [0, 0.05) is 22.2 Å². The van der Waals surface area contributed by atoms with Gasteiger partial charge in [-0.05, 0) is 26.0 Å². The largest absolute Gasteiger partial charge is 0.453 e. The van der Waals surface area contributed by atoms with Gasteiger partial charge in [0.2, 0.25) is 11.6 Å². The quantitative estimate of drug-likeness (QED) is 0.495. The molecule has 0 bridgehead atoms. The molecule has 26 heavy (non-hydrogen) atoms. The third kappa shape index (κ3) is 3.01. The van der Waals surface area contributed by atoms with E-state index in [-0.39, 0.29) is 22.3 Å². The molecule has 0 amide bonds. The predicted octanol–water partition coefficient (Wildman–Crippen LogP) is 4.11. The highest BCUT2D eigenvalue weighted by atomic mass is 35.5. The third-order valence-corrected chi connectivity index (χ3v) is 3.86. The zero-order chi connectivity index (χ0) is 19.2. The maximum atomic E-state index is 13.0. The fraction of sp³-hybridized carbons (Fsp3) is 0.214. The SMILES string of the molecule is Cc1c(Oc2ccc(Cl)cc2[N+](=O)[O-])nn2c(C(F)(F)F)nnc2c1C. The minimum atomic E-state index is -4.78. The van der Waals surface area contributed by atoms with Crippen molar-refractivity contribution in [1.29, 1.82) is 0 Å². The molecule has 0 atom stereocenters. The van der Waals surface area contributed by atoms with Gasteiger partial charge in [0.25, 0.3) is 5.82 Å². The second-order valence-corrected chi connectivity index (χ2v) is 5.72. The van der Waals surface area contributed by atoms with Crippen LogP contribution in [0.1, 0.15) is 17.0 Å². The number of alkyl halides is 3. The number of nitrogens with zero attached hydrogens (tertiary/aromatic N) is 5. The van der Waals surface area contributed by atoms with Crippen molar-refractivity contribution in [2.24, 2.45) is 0 Å². The molecule has 136 valence electrons.